The number of nitrogens with zero attached hydrogens (tertiary/aromatic N) is 1. The lowest BCUT2D eigenvalue weighted by Gasteiger charge is -2.13. The Morgan fingerprint density at radius 3 is 2.34 bits per heavy atom. The Bertz CT molecular complexity index is 1090. The fourth-order valence-corrected chi connectivity index (χ4v) is 3.41. The predicted octanol–water partition coefficient (Wildman–Crippen LogP) is 5.87. The number of hydrogen-bond acceptors (Lipinski definition) is 5. The summed E-state index contributed by atoms with van der Waals surface area (Å²) in [5.41, 5.74) is 4.09. The van der Waals surface area contributed by atoms with Gasteiger partial charge in [-0.1, -0.05) is 35.3 Å². The number of rotatable bonds is 9. The molecule has 0 aromatic heterocycles. The van der Waals surface area contributed by atoms with Gasteiger partial charge in [-0.25, -0.2) is 5.43 Å². The van der Waals surface area contributed by atoms with Crippen LogP contribution in [0.3, 0.4) is 0 Å². The Morgan fingerprint density at radius 2 is 1.69 bits per heavy atom. The van der Waals surface area contributed by atoms with Crippen molar-refractivity contribution in [1.29, 1.82) is 0 Å². The highest BCUT2D eigenvalue weighted by Crippen LogP contribution is 2.36. The summed E-state index contributed by atoms with van der Waals surface area (Å²) in [7, 11) is 1.55. The summed E-state index contributed by atoms with van der Waals surface area (Å²) in [5.74, 6) is 1.22. The summed E-state index contributed by atoms with van der Waals surface area (Å²) in [6.45, 7) is 0.173. The zero-order chi connectivity index (χ0) is 22.9. The highest BCUT2D eigenvalue weighted by molar-refractivity contribution is 9.10. The molecule has 6 nitrogen and oxygen atoms in total. The number of amides is 1. The van der Waals surface area contributed by atoms with Crippen molar-refractivity contribution < 1.29 is 19.0 Å². The predicted molar refractivity (Wildman–Crippen MR) is 129 cm³/mol. The van der Waals surface area contributed by atoms with Crippen LogP contribution in [0.15, 0.2) is 70.2 Å². The number of hydrogen-bond donors (Lipinski definition) is 1. The van der Waals surface area contributed by atoms with Gasteiger partial charge in [0, 0.05) is 10.0 Å². The maximum atomic E-state index is 11.9. The van der Waals surface area contributed by atoms with Gasteiger partial charge in [0.1, 0.15) is 12.4 Å². The summed E-state index contributed by atoms with van der Waals surface area (Å²) in [4.78, 5) is 11.9. The van der Waals surface area contributed by atoms with E-state index in [9.17, 15) is 4.79 Å². The highest BCUT2D eigenvalue weighted by atomic mass is 79.9. The molecule has 0 aliphatic rings. The minimum Gasteiger partial charge on any atom is -0.493 e. The van der Waals surface area contributed by atoms with Gasteiger partial charge in [-0.2, -0.15) is 5.10 Å². The molecule has 0 bridgehead atoms. The van der Waals surface area contributed by atoms with E-state index in [0.29, 0.717) is 43.9 Å². The third-order valence-corrected chi connectivity index (χ3v) is 5.23. The average molecular weight is 538 g/mol. The SMILES string of the molecule is COc1cc(/C=N/NC(=O)COc2ccc(Cl)cc2)cc(Br)c1OCc1ccc(Cl)cc1. The van der Waals surface area contributed by atoms with E-state index in [1.807, 2.05) is 12.1 Å². The molecule has 0 fully saturated rings. The fraction of sp³-hybridized carbons (Fsp3) is 0.130. The summed E-state index contributed by atoms with van der Waals surface area (Å²) in [5, 5.41) is 5.22. The normalized spacial score (nSPS) is 10.8. The van der Waals surface area contributed by atoms with Crippen molar-refractivity contribution in [3.05, 3.63) is 86.3 Å². The Hall–Kier alpha value is -2.74. The zero-order valence-corrected chi connectivity index (χ0v) is 20.1. The molecule has 0 heterocycles. The van der Waals surface area contributed by atoms with Crippen molar-refractivity contribution in [3.8, 4) is 17.2 Å². The maximum absolute atomic E-state index is 11.9. The van der Waals surface area contributed by atoms with E-state index < -0.39 is 5.91 Å². The standard InChI is InChI=1S/C23H19BrCl2N2O4/c1-30-21-11-16(10-20(24)23(21)32-13-15-2-4-17(25)5-3-15)12-27-28-22(29)14-31-19-8-6-18(26)7-9-19/h2-12H,13-14H2,1H3,(H,28,29)/b27-12+. The van der Waals surface area contributed by atoms with Crippen LogP contribution in [0.1, 0.15) is 11.1 Å². The van der Waals surface area contributed by atoms with E-state index in [0.717, 1.165) is 5.56 Å². The topological polar surface area (TPSA) is 69.2 Å². The summed E-state index contributed by atoms with van der Waals surface area (Å²) in [6.07, 6.45) is 1.50. The molecule has 0 radical (unpaired) electrons. The quantitative estimate of drug-likeness (QED) is 0.273. The number of nitrogens with one attached hydrogen (secondary N) is 1. The van der Waals surface area contributed by atoms with Crippen molar-refractivity contribution in [2.24, 2.45) is 5.10 Å². The second-order valence-electron chi connectivity index (χ2n) is 6.49. The molecule has 3 aromatic carbocycles. The van der Waals surface area contributed by atoms with Crippen molar-refractivity contribution in [3.63, 3.8) is 0 Å². The first-order chi connectivity index (χ1) is 15.4. The molecule has 0 saturated carbocycles. The molecule has 32 heavy (non-hydrogen) atoms. The van der Waals surface area contributed by atoms with Gasteiger partial charge in [0.05, 0.1) is 17.8 Å². The molecule has 1 amide bonds. The lowest BCUT2D eigenvalue weighted by Crippen LogP contribution is -2.24. The summed E-state index contributed by atoms with van der Waals surface area (Å²) >= 11 is 15.2. The summed E-state index contributed by atoms with van der Waals surface area (Å²) < 4.78 is 17.4. The van der Waals surface area contributed by atoms with Crippen LogP contribution in [0.2, 0.25) is 10.0 Å². The lowest BCUT2D eigenvalue weighted by molar-refractivity contribution is -0.123. The van der Waals surface area contributed by atoms with E-state index in [-0.39, 0.29) is 6.61 Å². The minimum atomic E-state index is -0.398. The third-order valence-electron chi connectivity index (χ3n) is 4.13. The highest BCUT2D eigenvalue weighted by Gasteiger charge is 2.12. The van der Waals surface area contributed by atoms with Crippen molar-refractivity contribution in [1.82, 2.24) is 5.43 Å². The van der Waals surface area contributed by atoms with Gasteiger partial charge in [0.25, 0.3) is 5.91 Å². The Morgan fingerprint density at radius 1 is 1.03 bits per heavy atom. The van der Waals surface area contributed by atoms with Gasteiger partial charge in [-0.05, 0) is 75.6 Å². The van der Waals surface area contributed by atoms with E-state index in [1.54, 1.807) is 55.6 Å². The molecule has 3 aromatic rings. The van der Waals surface area contributed by atoms with Crippen molar-refractivity contribution in [2.45, 2.75) is 6.61 Å². The van der Waals surface area contributed by atoms with Crippen LogP contribution < -0.4 is 19.6 Å². The average Bonchev–Trinajstić information content (AvgIpc) is 2.79. The molecule has 9 heteroatoms. The largest absolute Gasteiger partial charge is 0.493 e. The Labute approximate surface area is 204 Å². The summed E-state index contributed by atoms with van der Waals surface area (Å²) in [6, 6.07) is 17.7. The fourth-order valence-electron chi connectivity index (χ4n) is 2.58. The molecule has 3 rings (SSSR count). The number of carbonyl (C=O) groups is 1. The molecule has 166 valence electrons. The molecule has 0 saturated heterocycles. The smallest absolute Gasteiger partial charge is 0.277 e. The van der Waals surface area contributed by atoms with Crippen molar-refractivity contribution in [2.75, 3.05) is 13.7 Å². The minimum absolute atomic E-state index is 0.177. The number of ether oxygens (including phenoxy) is 3. The third kappa shape index (κ3) is 7.15. The van der Waals surface area contributed by atoms with Crippen molar-refractivity contribution >= 4 is 51.3 Å². The second-order valence-corrected chi connectivity index (χ2v) is 8.21. The molecule has 0 aliphatic carbocycles. The van der Waals surface area contributed by atoms with Crippen LogP contribution >= 0.6 is 39.1 Å². The van der Waals surface area contributed by atoms with Gasteiger partial charge < -0.3 is 14.2 Å². The second kappa shape index (κ2) is 11.8. The van der Waals surface area contributed by atoms with Crippen LogP contribution in [0.25, 0.3) is 0 Å². The molecule has 0 atom stereocenters. The lowest BCUT2D eigenvalue weighted by atomic mass is 10.2. The molecular weight excluding hydrogens is 519 g/mol. The maximum Gasteiger partial charge on any atom is 0.277 e. The van der Waals surface area contributed by atoms with Crippen LogP contribution in [0, 0.1) is 0 Å². The molecular formula is C23H19BrCl2N2O4. The number of methoxy groups -OCH3 is 1. The first kappa shape index (κ1) is 23.9. The van der Waals surface area contributed by atoms with Crippen LogP contribution in [0.5, 0.6) is 17.2 Å². The number of halogens is 3. The monoisotopic (exact) mass is 536 g/mol. The van der Waals surface area contributed by atoms with Crippen LogP contribution in [-0.4, -0.2) is 25.8 Å². The van der Waals surface area contributed by atoms with E-state index >= 15 is 0 Å². The number of benzene rings is 3. The molecule has 0 spiro atoms. The van der Waals surface area contributed by atoms with Gasteiger partial charge in [0.2, 0.25) is 0 Å². The van der Waals surface area contributed by atoms with E-state index in [4.69, 9.17) is 37.4 Å². The van der Waals surface area contributed by atoms with Crippen LogP contribution in [-0.2, 0) is 11.4 Å². The van der Waals surface area contributed by atoms with Gasteiger partial charge in [0.15, 0.2) is 18.1 Å². The van der Waals surface area contributed by atoms with Gasteiger partial charge >= 0.3 is 0 Å². The van der Waals surface area contributed by atoms with Crippen LogP contribution in [0.4, 0.5) is 0 Å². The Balaban J connectivity index is 1.57. The first-order valence-corrected chi connectivity index (χ1v) is 10.9. The number of carbonyl (C=O) groups excluding carboxylic acids is 1. The van der Waals surface area contributed by atoms with E-state index in [2.05, 4.69) is 26.5 Å². The first-order valence-electron chi connectivity index (χ1n) is 9.39. The number of hydrazone groups is 1. The van der Waals surface area contributed by atoms with E-state index in [1.165, 1.54) is 6.21 Å². The molecule has 1 N–H and O–H groups in total. The molecule has 0 unspecified atom stereocenters. The Kier molecular flexibility index (Phi) is 8.79. The van der Waals surface area contributed by atoms with Gasteiger partial charge in [-0.3, -0.25) is 4.79 Å². The molecule has 0 aliphatic heterocycles. The zero-order valence-electron chi connectivity index (χ0n) is 17.0. The van der Waals surface area contributed by atoms with Gasteiger partial charge in [-0.15, -0.1) is 0 Å².